The highest BCUT2D eigenvalue weighted by molar-refractivity contribution is 5.88. The lowest BCUT2D eigenvalue weighted by Gasteiger charge is -2.28. The smallest absolute Gasteiger partial charge is 0.433 e. The van der Waals surface area contributed by atoms with E-state index < -0.39 is 35.7 Å². The second-order valence-electron chi connectivity index (χ2n) is 8.77. The summed E-state index contributed by atoms with van der Waals surface area (Å²) < 4.78 is 43.5. The Morgan fingerprint density at radius 1 is 1.18 bits per heavy atom. The number of aryl methyl sites for hydroxylation is 1. The van der Waals surface area contributed by atoms with Crippen LogP contribution in [0.5, 0.6) is 0 Å². The summed E-state index contributed by atoms with van der Waals surface area (Å²) in [6, 6.07) is 2.70. The third-order valence-electron chi connectivity index (χ3n) is 5.02. The van der Waals surface area contributed by atoms with Crippen LogP contribution in [-0.2, 0) is 22.1 Å². The summed E-state index contributed by atoms with van der Waals surface area (Å²) in [5.41, 5.74) is -0.506. The fourth-order valence-electron chi connectivity index (χ4n) is 3.49. The maximum Gasteiger partial charge on any atom is 0.433 e. The summed E-state index contributed by atoms with van der Waals surface area (Å²) >= 11 is 0. The van der Waals surface area contributed by atoms with Crippen molar-refractivity contribution in [3.63, 3.8) is 0 Å². The van der Waals surface area contributed by atoms with E-state index in [-0.39, 0.29) is 31.6 Å². The number of alkyl halides is 3. The van der Waals surface area contributed by atoms with Crippen molar-refractivity contribution in [2.75, 3.05) is 6.54 Å². The van der Waals surface area contributed by atoms with Gasteiger partial charge in [0.15, 0.2) is 5.78 Å². The predicted molar refractivity (Wildman–Crippen MR) is 111 cm³/mol. The van der Waals surface area contributed by atoms with E-state index in [4.69, 9.17) is 4.74 Å². The molecule has 1 saturated heterocycles. The Kier molecular flexibility index (Phi) is 7.01. The summed E-state index contributed by atoms with van der Waals surface area (Å²) in [5.74, 6) is -0.331. The molecule has 178 valence electrons. The van der Waals surface area contributed by atoms with E-state index in [2.05, 4.69) is 15.0 Å². The number of ketones is 1. The molecule has 0 bridgehead atoms. The molecule has 1 aliphatic rings. The number of nitrogens with zero attached hydrogens (tertiary/aromatic N) is 4. The topological polar surface area (TPSA) is 106 Å². The van der Waals surface area contributed by atoms with E-state index in [1.54, 1.807) is 26.8 Å². The van der Waals surface area contributed by atoms with Crippen LogP contribution >= 0.6 is 0 Å². The lowest BCUT2D eigenvalue weighted by atomic mass is 10.0. The SMILES string of the molecule is CC(C)(C)OC(=O)N1CC[C@H](O)[C@H]1C(=O)CCc1cc(-c2ccc(C(F)(F)F)nc2)ncn1. The molecule has 2 atom stereocenters. The number of hydrogen-bond acceptors (Lipinski definition) is 7. The first-order chi connectivity index (χ1) is 15.3. The number of aliphatic hydroxyl groups excluding tert-OH is 1. The monoisotopic (exact) mass is 466 g/mol. The molecule has 1 aliphatic heterocycles. The molecule has 8 nitrogen and oxygen atoms in total. The van der Waals surface area contributed by atoms with Crippen molar-refractivity contribution in [1.29, 1.82) is 0 Å². The quantitative estimate of drug-likeness (QED) is 0.720. The summed E-state index contributed by atoms with van der Waals surface area (Å²) in [4.78, 5) is 38.1. The van der Waals surface area contributed by atoms with Crippen molar-refractivity contribution in [3.8, 4) is 11.3 Å². The van der Waals surface area contributed by atoms with Gasteiger partial charge in [-0.15, -0.1) is 0 Å². The summed E-state index contributed by atoms with van der Waals surface area (Å²) in [6.07, 6.45) is -3.36. The zero-order chi connectivity index (χ0) is 24.4. The van der Waals surface area contributed by atoms with Crippen LogP contribution in [0.3, 0.4) is 0 Å². The van der Waals surface area contributed by atoms with Crippen molar-refractivity contribution in [2.45, 2.75) is 64.0 Å². The molecule has 2 aromatic rings. The van der Waals surface area contributed by atoms with Crippen molar-refractivity contribution in [2.24, 2.45) is 0 Å². The number of aliphatic hydroxyl groups is 1. The van der Waals surface area contributed by atoms with Gasteiger partial charge in [0.05, 0.1) is 11.8 Å². The van der Waals surface area contributed by atoms with E-state index >= 15 is 0 Å². The number of pyridine rings is 1. The van der Waals surface area contributed by atoms with Crippen LogP contribution in [0.4, 0.5) is 18.0 Å². The Hall–Kier alpha value is -3.08. The molecule has 3 heterocycles. The molecule has 0 spiro atoms. The fourth-order valence-corrected chi connectivity index (χ4v) is 3.49. The first-order valence-corrected chi connectivity index (χ1v) is 10.4. The van der Waals surface area contributed by atoms with Gasteiger partial charge in [-0.1, -0.05) is 0 Å². The van der Waals surface area contributed by atoms with E-state index in [1.807, 2.05) is 0 Å². The maximum atomic E-state index is 12.8. The van der Waals surface area contributed by atoms with Crippen molar-refractivity contribution in [3.05, 3.63) is 42.1 Å². The van der Waals surface area contributed by atoms with Gasteiger partial charge in [-0.2, -0.15) is 13.2 Å². The first kappa shape index (κ1) is 24.6. The minimum absolute atomic E-state index is 0.00272. The number of amides is 1. The zero-order valence-corrected chi connectivity index (χ0v) is 18.5. The lowest BCUT2D eigenvalue weighted by molar-refractivity contribution is -0.141. The van der Waals surface area contributed by atoms with Gasteiger partial charge in [0.25, 0.3) is 0 Å². The number of halogens is 3. The minimum atomic E-state index is -4.53. The van der Waals surface area contributed by atoms with Gasteiger partial charge in [0, 0.05) is 30.4 Å². The highest BCUT2D eigenvalue weighted by atomic mass is 19.4. The molecular weight excluding hydrogens is 441 g/mol. The van der Waals surface area contributed by atoms with Gasteiger partial charge in [0.1, 0.15) is 23.7 Å². The molecule has 1 N–H and O–H groups in total. The molecule has 1 fully saturated rings. The summed E-state index contributed by atoms with van der Waals surface area (Å²) in [7, 11) is 0. The Labute approximate surface area is 188 Å². The molecule has 0 aliphatic carbocycles. The van der Waals surface area contributed by atoms with Crippen LogP contribution < -0.4 is 0 Å². The van der Waals surface area contributed by atoms with Crippen LogP contribution in [-0.4, -0.2) is 61.1 Å². The number of Topliss-reactive ketones (excluding diaryl/α,β-unsaturated/α-hetero) is 1. The molecular formula is C22H25F3N4O4. The largest absolute Gasteiger partial charge is 0.444 e. The van der Waals surface area contributed by atoms with Gasteiger partial charge in [-0.05, 0) is 51.8 Å². The Morgan fingerprint density at radius 3 is 2.52 bits per heavy atom. The molecule has 11 heteroatoms. The highest BCUT2D eigenvalue weighted by Crippen LogP contribution is 2.29. The minimum Gasteiger partial charge on any atom is -0.444 e. The average molecular weight is 466 g/mol. The van der Waals surface area contributed by atoms with Crippen LogP contribution in [0, 0.1) is 0 Å². The van der Waals surface area contributed by atoms with Gasteiger partial charge in [-0.3, -0.25) is 14.7 Å². The number of aromatic nitrogens is 3. The van der Waals surface area contributed by atoms with Crippen LogP contribution in [0.1, 0.15) is 45.0 Å². The zero-order valence-electron chi connectivity index (χ0n) is 18.5. The summed E-state index contributed by atoms with van der Waals surface area (Å²) in [5, 5.41) is 10.3. The van der Waals surface area contributed by atoms with Crippen molar-refractivity contribution < 1.29 is 32.6 Å². The van der Waals surface area contributed by atoms with E-state index in [0.717, 1.165) is 12.3 Å². The number of carbonyl (C=O) groups is 2. The van der Waals surface area contributed by atoms with Gasteiger partial charge < -0.3 is 9.84 Å². The molecule has 0 radical (unpaired) electrons. The molecule has 2 aromatic heterocycles. The predicted octanol–water partition coefficient (Wildman–Crippen LogP) is 3.43. The maximum absolute atomic E-state index is 12.8. The van der Waals surface area contributed by atoms with E-state index in [9.17, 15) is 27.9 Å². The van der Waals surface area contributed by atoms with Crippen LogP contribution in [0.25, 0.3) is 11.3 Å². The molecule has 0 saturated carbocycles. The fraction of sp³-hybridized carbons (Fsp3) is 0.500. The second kappa shape index (κ2) is 9.42. The highest BCUT2D eigenvalue weighted by Gasteiger charge is 2.42. The number of likely N-dealkylation sites (tertiary alicyclic amines) is 1. The van der Waals surface area contributed by atoms with E-state index in [0.29, 0.717) is 17.0 Å². The normalized spacial score (nSPS) is 18.9. The Bertz CT molecular complexity index is 1010. The van der Waals surface area contributed by atoms with Gasteiger partial charge in [-0.25, -0.2) is 14.8 Å². The average Bonchev–Trinajstić information content (AvgIpc) is 3.12. The Balaban J connectivity index is 1.67. The second-order valence-corrected chi connectivity index (χ2v) is 8.77. The molecule has 1 amide bonds. The number of ether oxygens (including phenoxy) is 1. The number of carbonyl (C=O) groups excluding carboxylic acids is 2. The van der Waals surface area contributed by atoms with Gasteiger partial charge in [0.2, 0.25) is 0 Å². The Morgan fingerprint density at radius 2 is 1.91 bits per heavy atom. The molecule has 0 unspecified atom stereocenters. The van der Waals surface area contributed by atoms with Crippen molar-refractivity contribution in [1.82, 2.24) is 19.9 Å². The standard InChI is InChI=1S/C22H25F3N4O4/c1-21(2,3)33-20(32)29-9-8-17(31)19(29)16(30)6-5-14-10-15(28-12-27-14)13-4-7-18(26-11-13)22(23,24)25/h4,7,10-12,17,19,31H,5-6,8-9H2,1-3H3/t17-,19+/m0/s1. The molecule has 0 aromatic carbocycles. The van der Waals surface area contributed by atoms with E-state index in [1.165, 1.54) is 17.3 Å². The number of rotatable bonds is 5. The first-order valence-electron chi connectivity index (χ1n) is 10.4. The van der Waals surface area contributed by atoms with Crippen LogP contribution in [0.15, 0.2) is 30.7 Å². The van der Waals surface area contributed by atoms with Crippen molar-refractivity contribution >= 4 is 11.9 Å². The number of hydrogen-bond donors (Lipinski definition) is 1. The van der Waals surface area contributed by atoms with Gasteiger partial charge >= 0.3 is 12.3 Å². The summed E-state index contributed by atoms with van der Waals surface area (Å²) in [6.45, 7) is 5.36. The molecule has 33 heavy (non-hydrogen) atoms. The lowest BCUT2D eigenvalue weighted by Crippen LogP contribution is -2.47. The third kappa shape index (κ3) is 6.25. The molecule has 3 rings (SSSR count). The van der Waals surface area contributed by atoms with Crippen LogP contribution in [0.2, 0.25) is 0 Å². The third-order valence-corrected chi connectivity index (χ3v) is 5.02.